The minimum atomic E-state index is 0.652. The van der Waals surface area contributed by atoms with E-state index in [0.717, 1.165) is 28.0 Å². The van der Waals surface area contributed by atoms with E-state index >= 15 is 0 Å². The summed E-state index contributed by atoms with van der Waals surface area (Å²) in [4.78, 5) is 3.25. The molecular weight excluding hydrogens is 196 g/mol. The average molecular weight is 209 g/mol. The van der Waals surface area contributed by atoms with E-state index in [2.05, 4.69) is 11.1 Å². The smallest absolute Gasteiger partial charge is 0.0691 e. The van der Waals surface area contributed by atoms with Crippen molar-refractivity contribution < 1.29 is 0 Å². The first-order valence-electron chi connectivity index (χ1n) is 4.69. The zero-order valence-corrected chi connectivity index (χ0v) is 8.86. The Morgan fingerprint density at radius 1 is 1.43 bits per heavy atom. The van der Waals surface area contributed by atoms with E-state index in [1.807, 2.05) is 19.1 Å². The summed E-state index contributed by atoms with van der Waals surface area (Å²) in [6.07, 6.45) is 0.869. The molecule has 14 heavy (non-hydrogen) atoms. The molecule has 2 nitrogen and oxygen atoms in total. The van der Waals surface area contributed by atoms with E-state index in [4.69, 9.17) is 17.3 Å². The number of H-pyrrole nitrogens is 1. The molecule has 0 spiro atoms. The fourth-order valence-electron chi connectivity index (χ4n) is 1.77. The van der Waals surface area contributed by atoms with Crippen molar-refractivity contribution in [3.63, 3.8) is 0 Å². The molecule has 1 aromatic heterocycles. The Hall–Kier alpha value is -0.990. The Kier molecular flexibility index (Phi) is 2.48. The molecule has 0 aliphatic rings. The maximum Gasteiger partial charge on any atom is 0.0691 e. The van der Waals surface area contributed by atoms with Crippen molar-refractivity contribution in [2.45, 2.75) is 13.3 Å². The lowest BCUT2D eigenvalue weighted by molar-refractivity contribution is 0.977. The fourth-order valence-corrected chi connectivity index (χ4v) is 2.04. The molecule has 74 valence electrons. The predicted molar refractivity (Wildman–Crippen MR) is 60.8 cm³/mol. The second kappa shape index (κ2) is 3.64. The monoisotopic (exact) mass is 208 g/mol. The standard InChI is InChI=1S/C11H13ClN2/c1-7-11(12)10-8(5-6-13)3-2-4-9(10)14-7/h2-4,14H,5-6,13H2,1H3. The third-order valence-corrected chi connectivity index (χ3v) is 2.91. The van der Waals surface area contributed by atoms with E-state index in [9.17, 15) is 0 Å². The molecule has 3 N–H and O–H groups in total. The largest absolute Gasteiger partial charge is 0.357 e. The molecule has 0 aliphatic heterocycles. The van der Waals surface area contributed by atoms with Gasteiger partial charge in [-0.3, -0.25) is 0 Å². The maximum absolute atomic E-state index is 6.21. The van der Waals surface area contributed by atoms with Crippen LogP contribution < -0.4 is 5.73 Å². The molecule has 0 radical (unpaired) electrons. The molecule has 0 amide bonds. The summed E-state index contributed by atoms with van der Waals surface area (Å²) < 4.78 is 0. The summed E-state index contributed by atoms with van der Waals surface area (Å²) in [5.74, 6) is 0. The van der Waals surface area contributed by atoms with Crippen LogP contribution in [-0.4, -0.2) is 11.5 Å². The molecule has 0 fully saturated rings. The van der Waals surface area contributed by atoms with Gasteiger partial charge in [0.2, 0.25) is 0 Å². The number of nitrogens with one attached hydrogen (secondary N) is 1. The van der Waals surface area contributed by atoms with Crippen molar-refractivity contribution in [2.75, 3.05) is 6.54 Å². The first kappa shape index (κ1) is 9.56. The minimum absolute atomic E-state index is 0.652. The molecule has 2 rings (SSSR count). The Labute approximate surface area is 88.1 Å². The number of benzene rings is 1. The Morgan fingerprint density at radius 2 is 2.21 bits per heavy atom. The third-order valence-electron chi connectivity index (χ3n) is 2.44. The Bertz CT molecular complexity index is 460. The van der Waals surface area contributed by atoms with Crippen LogP contribution in [0, 0.1) is 6.92 Å². The molecule has 3 heteroatoms. The highest BCUT2D eigenvalue weighted by Gasteiger charge is 2.09. The van der Waals surface area contributed by atoms with Crippen LogP contribution in [0.1, 0.15) is 11.3 Å². The number of halogens is 1. The highest BCUT2D eigenvalue weighted by atomic mass is 35.5. The van der Waals surface area contributed by atoms with Crippen LogP contribution in [0.15, 0.2) is 18.2 Å². The van der Waals surface area contributed by atoms with Gasteiger partial charge in [0.05, 0.1) is 5.02 Å². The van der Waals surface area contributed by atoms with E-state index in [1.54, 1.807) is 0 Å². The van der Waals surface area contributed by atoms with Crippen molar-refractivity contribution in [3.05, 3.63) is 34.5 Å². The lowest BCUT2D eigenvalue weighted by Gasteiger charge is -2.01. The van der Waals surface area contributed by atoms with Crippen LogP contribution in [0.5, 0.6) is 0 Å². The number of fused-ring (bicyclic) bond motifs is 1. The van der Waals surface area contributed by atoms with Gasteiger partial charge in [-0.05, 0) is 31.5 Å². The normalized spacial score (nSPS) is 11.1. The predicted octanol–water partition coefficient (Wildman–Crippen LogP) is 2.63. The van der Waals surface area contributed by atoms with E-state index in [1.165, 1.54) is 5.56 Å². The molecule has 2 aromatic rings. The van der Waals surface area contributed by atoms with Crippen molar-refractivity contribution in [2.24, 2.45) is 5.73 Å². The van der Waals surface area contributed by atoms with Gasteiger partial charge in [-0.2, -0.15) is 0 Å². The Balaban J connectivity index is 2.71. The first-order chi connectivity index (χ1) is 6.74. The lowest BCUT2D eigenvalue weighted by Crippen LogP contribution is -2.02. The number of nitrogens with two attached hydrogens (primary N) is 1. The van der Waals surface area contributed by atoms with Gasteiger partial charge in [-0.25, -0.2) is 0 Å². The minimum Gasteiger partial charge on any atom is -0.357 e. The van der Waals surface area contributed by atoms with Crippen LogP contribution in [0.4, 0.5) is 0 Å². The summed E-state index contributed by atoms with van der Waals surface area (Å²) in [6, 6.07) is 6.14. The van der Waals surface area contributed by atoms with Crippen molar-refractivity contribution in [3.8, 4) is 0 Å². The number of aromatic nitrogens is 1. The topological polar surface area (TPSA) is 41.8 Å². The third kappa shape index (κ3) is 1.41. The lowest BCUT2D eigenvalue weighted by atomic mass is 10.1. The number of rotatable bonds is 2. The zero-order chi connectivity index (χ0) is 10.1. The summed E-state index contributed by atoms with van der Waals surface area (Å²) in [7, 11) is 0. The summed E-state index contributed by atoms with van der Waals surface area (Å²) in [5.41, 5.74) is 8.89. The molecule has 0 unspecified atom stereocenters. The fraction of sp³-hybridized carbons (Fsp3) is 0.273. The van der Waals surface area contributed by atoms with E-state index < -0.39 is 0 Å². The maximum atomic E-state index is 6.21. The molecule has 0 saturated heterocycles. The molecule has 1 heterocycles. The number of aromatic amines is 1. The average Bonchev–Trinajstić information content (AvgIpc) is 2.45. The summed E-state index contributed by atoms with van der Waals surface area (Å²) in [6.45, 7) is 2.63. The van der Waals surface area contributed by atoms with Crippen LogP contribution in [0.3, 0.4) is 0 Å². The number of aryl methyl sites for hydroxylation is 1. The highest BCUT2D eigenvalue weighted by molar-refractivity contribution is 6.36. The summed E-state index contributed by atoms with van der Waals surface area (Å²) in [5, 5.41) is 1.95. The molecule has 0 aliphatic carbocycles. The van der Waals surface area contributed by atoms with Crippen molar-refractivity contribution >= 4 is 22.5 Å². The Morgan fingerprint density at radius 3 is 2.93 bits per heavy atom. The van der Waals surface area contributed by atoms with Gasteiger partial charge in [-0.1, -0.05) is 23.7 Å². The zero-order valence-electron chi connectivity index (χ0n) is 8.10. The molecule has 0 bridgehead atoms. The van der Waals surface area contributed by atoms with Crippen LogP contribution >= 0.6 is 11.6 Å². The SMILES string of the molecule is Cc1[nH]c2cccc(CCN)c2c1Cl. The molecular formula is C11H13ClN2. The van der Waals surface area contributed by atoms with Crippen molar-refractivity contribution in [1.82, 2.24) is 4.98 Å². The van der Waals surface area contributed by atoms with Crippen LogP contribution in [0.25, 0.3) is 10.9 Å². The first-order valence-corrected chi connectivity index (χ1v) is 5.07. The quantitative estimate of drug-likeness (QED) is 0.783. The molecule has 0 atom stereocenters. The van der Waals surface area contributed by atoms with Gasteiger partial charge in [0.15, 0.2) is 0 Å². The number of hydrogen-bond donors (Lipinski definition) is 2. The van der Waals surface area contributed by atoms with Gasteiger partial charge >= 0.3 is 0 Å². The molecule has 0 saturated carbocycles. The van der Waals surface area contributed by atoms with Gasteiger partial charge in [0.1, 0.15) is 0 Å². The second-order valence-corrected chi connectivity index (χ2v) is 3.82. The van der Waals surface area contributed by atoms with Gasteiger partial charge in [-0.15, -0.1) is 0 Å². The number of hydrogen-bond acceptors (Lipinski definition) is 1. The second-order valence-electron chi connectivity index (χ2n) is 3.44. The van der Waals surface area contributed by atoms with Gasteiger partial charge in [0, 0.05) is 16.6 Å². The molecule has 1 aromatic carbocycles. The van der Waals surface area contributed by atoms with Gasteiger partial charge in [0.25, 0.3) is 0 Å². The summed E-state index contributed by atoms with van der Waals surface area (Å²) >= 11 is 6.21. The highest BCUT2D eigenvalue weighted by Crippen LogP contribution is 2.29. The van der Waals surface area contributed by atoms with E-state index in [0.29, 0.717) is 6.54 Å². The van der Waals surface area contributed by atoms with E-state index in [-0.39, 0.29) is 0 Å². The van der Waals surface area contributed by atoms with Crippen LogP contribution in [0.2, 0.25) is 5.02 Å². The van der Waals surface area contributed by atoms with Gasteiger partial charge < -0.3 is 10.7 Å². The van der Waals surface area contributed by atoms with Crippen LogP contribution in [-0.2, 0) is 6.42 Å². The van der Waals surface area contributed by atoms with Crippen molar-refractivity contribution in [1.29, 1.82) is 0 Å².